The van der Waals surface area contributed by atoms with Gasteiger partial charge in [-0.1, -0.05) is 47.6 Å². The number of oxime groups is 1. The van der Waals surface area contributed by atoms with Crippen LogP contribution in [0.2, 0.25) is 0 Å². The van der Waals surface area contributed by atoms with Crippen molar-refractivity contribution in [3.63, 3.8) is 0 Å². The molecule has 2 aromatic carbocycles. The zero-order chi connectivity index (χ0) is 14.7. The van der Waals surface area contributed by atoms with Crippen molar-refractivity contribution < 1.29 is 14.4 Å². The van der Waals surface area contributed by atoms with Gasteiger partial charge in [-0.2, -0.15) is 0 Å². The van der Waals surface area contributed by atoms with Crippen LogP contribution in [0, 0.1) is 0 Å². The molecule has 0 spiro atoms. The SMILES string of the molecule is COc1ccc(/C=C2/C(=O)ON=C2c2ccccc2)cc1. The first kappa shape index (κ1) is 13.1. The van der Waals surface area contributed by atoms with E-state index in [4.69, 9.17) is 9.57 Å². The molecule has 0 aromatic heterocycles. The van der Waals surface area contributed by atoms with Gasteiger partial charge < -0.3 is 9.57 Å². The van der Waals surface area contributed by atoms with Gasteiger partial charge in [-0.3, -0.25) is 0 Å². The maximum Gasteiger partial charge on any atom is 0.368 e. The molecule has 0 amide bonds. The van der Waals surface area contributed by atoms with Gasteiger partial charge in [-0.25, -0.2) is 4.79 Å². The molecular weight excluding hydrogens is 266 g/mol. The lowest BCUT2D eigenvalue weighted by Gasteiger charge is -2.02. The minimum atomic E-state index is -0.440. The molecule has 1 aliphatic heterocycles. The van der Waals surface area contributed by atoms with Crippen molar-refractivity contribution in [2.75, 3.05) is 7.11 Å². The molecule has 0 radical (unpaired) electrons. The maximum atomic E-state index is 11.9. The fourth-order valence-electron chi connectivity index (χ4n) is 2.08. The minimum Gasteiger partial charge on any atom is -0.497 e. The van der Waals surface area contributed by atoms with E-state index in [0.29, 0.717) is 11.3 Å². The summed E-state index contributed by atoms with van der Waals surface area (Å²) in [6, 6.07) is 16.9. The standard InChI is InChI=1S/C17H13NO3/c1-20-14-9-7-12(8-10-14)11-15-16(18-21-17(15)19)13-5-3-2-4-6-13/h2-11H,1H3/b15-11+. The van der Waals surface area contributed by atoms with Crippen LogP contribution in [0.1, 0.15) is 11.1 Å². The Labute approximate surface area is 122 Å². The second kappa shape index (κ2) is 5.63. The molecule has 0 saturated carbocycles. The first-order chi connectivity index (χ1) is 10.3. The quantitative estimate of drug-likeness (QED) is 0.641. The third-order valence-corrected chi connectivity index (χ3v) is 3.17. The fraction of sp³-hybridized carbons (Fsp3) is 0.0588. The number of carbonyl (C=O) groups excluding carboxylic acids is 1. The van der Waals surface area contributed by atoms with Gasteiger partial charge in [-0.05, 0) is 23.8 Å². The van der Waals surface area contributed by atoms with Gasteiger partial charge in [0.2, 0.25) is 0 Å². The smallest absolute Gasteiger partial charge is 0.368 e. The number of rotatable bonds is 3. The lowest BCUT2D eigenvalue weighted by atomic mass is 10.0. The van der Waals surface area contributed by atoms with E-state index in [1.165, 1.54) is 0 Å². The number of ether oxygens (including phenoxy) is 1. The molecule has 21 heavy (non-hydrogen) atoms. The van der Waals surface area contributed by atoms with Gasteiger partial charge in [-0.15, -0.1) is 0 Å². The Morgan fingerprint density at radius 1 is 1.05 bits per heavy atom. The van der Waals surface area contributed by atoms with Crippen LogP contribution in [0.4, 0.5) is 0 Å². The third kappa shape index (κ3) is 2.69. The summed E-state index contributed by atoms with van der Waals surface area (Å²) in [5.41, 5.74) is 2.74. The Balaban J connectivity index is 1.96. The molecule has 0 unspecified atom stereocenters. The number of benzene rings is 2. The molecule has 3 rings (SSSR count). The highest BCUT2D eigenvalue weighted by molar-refractivity contribution is 6.31. The van der Waals surface area contributed by atoms with Crippen molar-refractivity contribution in [2.24, 2.45) is 5.16 Å². The average molecular weight is 279 g/mol. The van der Waals surface area contributed by atoms with E-state index in [1.807, 2.05) is 54.6 Å². The summed E-state index contributed by atoms with van der Waals surface area (Å²) in [5.74, 6) is 0.327. The monoisotopic (exact) mass is 279 g/mol. The largest absolute Gasteiger partial charge is 0.497 e. The van der Waals surface area contributed by atoms with E-state index >= 15 is 0 Å². The summed E-state index contributed by atoms with van der Waals surface area (Å²) in [4.78, 5) is 16.7. The molecular formula is C17H13NO3. The summed E-state index contributed by atoms with van der Waals surface area (Å²) < 4.78 is 5.11. The third-order valence-electron chi connectivity index (χ3n) is 3.17. The number of hydrogen-bond donors (Lipinski definition) is 0. The Kier molecular flexibility index (Phi) is 3.51. The van der Waals surface area contributed by atoms with Gasteiger partial charge in [0.1, 0.15) is 11.5 Å². The Morgan fingerprint density at radius 2 is 1.76 bits per heavy atom. The van der Waals surface area contributed by atoms with Crippen LogP contribution in [0.25, 0.3) is 6.08 Å². The first-order valence-electron chi connectivity index (χ1n) is 6.49. The molecule has 0 saturated heterocycles. The van der Waals surface area contributed by atoms with Gasteiger partial charge in [0.25, 0.3) is 0 Å². The van der Waals surface area contributed by atoms with Crippen molar-refractivity contribution in [1.29, 1.82) is 0 Å². The van der Waals surface area contributed by atoms with Crippen molar-refractivity contribution in [3.05, 3.63) is 71.3 Å². The Morgan fingerprint density at radius 3 is 2.43 bits per heavy atom. The second-order valence-electron chi connectivity index (χ2n) is 4.52. The lowest BCUT2D eigenvalue weighted by molar-refractivity contribution is -0.136. The van der Waals surface area contributed by atoms with E-state index in [2.05, 4.69) is 5.16 Å². The summed E-state index contributed by atoms with van der Waals surface area (Å²) in [7, 11) is 1.61. The highest BCUT2D eigenvalue weighted by Crippen LogP contribution is 2.21. The van der Waals surface area contributed by atoms with Crippen LogP contribution >= 0.6 is 0 Å². The Hall–Kier alpha value is -2.88. The highest BCUT2D eigenvalue weighted by Gasteiger charge is 2.26. The van der Waals surface area contributed by atoms with Crippen LogP contribution in [0.3, 0.4) is 0 Å². The van der Waals surface area contributed by atoms with E-state index < -0.39 is 5.97 Å². The molecule has 1 heterocycles. The summed E-state index contributed by atoms with van der Waals surface area (Å²) in [5, 5.41) is 3.87. The Bertz CT molecular complexity index is 715. The van der Waals surface area contributed by atoms with Crippen molar-refractivity contribution in [3.8, 4) is 5.75 Å². The summed E-state index contributed by atoms with van der Waals surface area (Å²) in [6.45, 7) is 0. The molecule has 0 aliphatic carbocycles. The lowest BCUT2D eigenvalue weighted by Crippen LogP contribution is -2.06. The number of carbonyl (C=O) groups is 1. The van der Waals surface area contributed by atoms with E-state index in [1.54, 1.807) is 13.2 Å². The normalized spacial score (nSPS) is 15.8. The maximum absolute atomic E-state index is 11.9. The minimum absolute atomic E-state index is 0.440. The summed E-state index contributed by atoms with van der Waals surface area (Å²) >= 11 is 0. The molecule has 4 heteroatoms. The predicted molar refractivity (Wildman–Crippen MR) is 80.0 cm³/mol. The highest BCUT2D eigenvalue weighted by atomic mass is 16.7. The average Bonchev–Trinajstić information content (AvgIpc) is 2.90. The zero-order valence-corrected chi connectivity index (χ0v) is 11.4. The van der Waals surface area contributed by atoms with Crippen molar-refractivity contribution >= 4 is 17.8 Å². The predicted octanol–water partition coefficient (Wildman–Crippen LogP) is 3.04. The van der Waals surface area contributed by atoms with E-state index in [9.17, 15) is 4.79 Å². The van der Waals surface area contributed by atoms with Crippen molar-refractivity contribution in [1.82, 2.24) is 0 Å². The van der Waals surface area contributed by atoms with Crippen LogP contribution in [0.15, 0.2) is 65.3 Å². The van der Waals surface area contributed by atoms with Gasteiger partial charge in [0.05, 0.1) is 12.7 Å². The number of hydrogen-bond acceptors (Lipinski definition) is 4. The summed E-state index contributed by atoms with van der Waals surface area (Å²) in [6.07, 6.45) is 1.76. The molecule has 2 aromatic rings. The second-order valence-corrected chi connectivity index (χ2v) is 4.52. The topological polar surface area (TPSA) is 47.9 Å². The van der Waals surface area contributed by atoms with Crippen LogP contribution in [-0.2, 0) is 9.63 Å². The van der Waals surface area contributed by atoms with Crippen LogP contribution in [0.5, 0.6) is 5.75 Å². The van der Waals surface area contributed by atoms with Crippen LogP contribution < -0.4 is 4.74 Å². The van der Waals surface area contributed by atoms with Gasteiger partial charge >= 0.3 is 5.97 Å². The molecule has 1 aliphatic rings. The molecule has 4 nitrogen and oxygen atoms in total. The number of methoxy groups -OCH3 is 1. The molecule has 0 atom stereocenters. The molecule has 0 N–H and O–H groups in total. The van der Waals surface area contributed by atoms with Crippen molar-refractivity contribution in [2.45, 2.75) is 0 Å². The molecule has 0 bridgehead atoms. The number of nitrogens with zero attached hydrogens (tertiary/aromatic N) is 1. The zero-order valence-electron chi connectivity index (χ0n) is 11.4. The van der Waals surface area contributed by atoms with E-state index in [0.717, 1.165) is 16.9 Å². The fourth-order valence-corrected chi connectivity index (χ4v) is 2.08. The molecule has 104 valence electrons. The van der Waals surface area contributed by atoms with Crippen LogP contribution in [-0.4, -0.2) is 18.8 Å². The van der Waals surface area contributed by atoms with Gasteiger partial charge in [0, 0.05) is 5.56 Å². The van der Waals surface area contributed by atoms with E-state index in [-0.39, 0.29) is 0 Å². The molecule has 0 fully saturated rings. The first-order valence-corrected chi connectivity index (χ1v) is 6.49. The van der Waals surface area contributed by atoms with Gasteiger partial charge in [0.15, 0.2) is 0 Å².